The van der Waals surface area contributed by atoms with Crippen LogP contribution in [0.3, 0.4) is 0 Å². The molecule has 26 heavy (non-hydrogen) atoms. The van der Waals surface area contributed by atoms with Crippen LogP contribution in [-0.2, 0) is 6.54 Å². The molecule has 1 fully saturated rings. The van der Waals surface area contributed by atoms with Crippen molar-refractivity contribution in [2.45, 2.75) is 13.5 Å². The normalized spacial score (nSPS) is 15.1. The maximum absolute atomic E-state index is 12.7. The Hall–Kier alpha value is -1.75. The molecule has 2 aromatic carbocycles. The van der Waals surface area contributed by atoms with Crippen molar-refractivity contribution in [3.8, 4) is 5.75 Å². The van der Waals surface area contributed by atoms with Crippen LogP contribution < -0.4 is 4.74 Å². The highest BCUT2D eigenvalue weighted by Crippen LogP contribution is 2.26. The lowest BCUT2D eigenvalue weighted by Crippen LogP contribution is -2.48. The average molecular weight is 393 g/mol. The maximum atomic E-state index is 12.7. The number of benzene rings is 2. The molecule has 0 radical (unpaired) electrons. The molecule has 1 aliphatic rings. The van der Waals surface area contributed by atoms with Crippen LogP contribution in [0.15, 0.2) is 42.5 Å². The highest BCUT2D eigenvalue weighted by molar-refractivity contribution is 6.35. The molecular weight excluding hydrogens is 371 g/mol. The third-order valence-electron chi connectivity index (χ3n) is 4.52. The van der Waals surface area contributed by atoms with Crippen LogP contribution in [0, 0.1) is 0 Å². The Balaban J connectivity index is 1.57. The monoisotopic (exact) mass is 392 g/mol. The summed E-state index contributed by atoms with van der Waals surface area (Å²) in [5, 5.41) is 1.37. The van der Waals surface area contributed by atoms with Gasteiger partial charge in [-0.2, -0.15) is 0 Å². The van der Waals surface area contributed by atoms with Crippen LogP contribution >= 0.6 is 23.2 Å². The quantitative estimate of drug-likeness (QED) is 0.757. The van der Waals surface area contributed by atoms with Gasteiger partial charge in [0, 0.05) is 53.9 Å². The number of hydrogen-bond acceptors (Lipinski definition) is 3. The highest BCUT2D eigenvalue weighted by atomic mass is 35.5. The Morgan fingerprint density at radius 2 is 1.62 bits per heavy atom. The van der Waals surface area contributed by atoms with E-state index in [0.29, 0.717) is 41.8 Å². The molecule has 4 nitrogen and oxygen atoms in total. The standard InChI is InChI=1S/C20H22Cl2N2O2/c1-2-26-16-8-6-15(7-9-16)20(25)24-12-10-23(11-13-24)14-17-18(21)4-3-5-19(17)22/h3-9H,2,10-14H2,1H3. The molecule has 0 N–H and O–H groups in total. The van der Waals surface area contributed by atoms with E-state index < -0.39 is 0 Å². The fraction of sp³-hybridized carbons (Fsp3) is 0.350. The van der Waals surface area contributed by atoms with Crippen molar-refractivity contribution < 1.29 is 9.53 Å². The average Bonchev–Trinajstić information content (AvgIpc) is 2.66. The summed E-state index contributed by atoms with van der Waals surface area (Å²) in [5.41, 5.74) is 1.64. The lowest BCUT2D eigenvalue weighted by Gasteiger charge is -2.35. The van der Waals surface area contributed by atoms with Crippen LogP contribution in [0.2, 0.25) is 10.0 Å². The molecule has 0 aromatic heterocycles. The highest BCUT2D eigenvalue weighted by Gasteiger charge is 2.23. The molecule has 1 amide bonds. The Morgan fingerprint density at radius 1 is 1.00 bits per heavy atom. The third-order valence-corrected chi connectivity index (χ3v) is 5.22. The zero-order valence-electron chi connectivity index (χ0n) is 14.8. The minimum atomic E-state index is 0.0588. The van der Waals surface area contributed by atoms with Crippen molar-refractivity contribution in [1.82, 2.24) is 9.80 Å². The lowest BCUT2D eigenvalue weighted by molar-refractivity contribution is 0.0628. The van der Waals surface area contributed by atoms with Gasteiger partial charge < -0.3 is 9.64 Å². The molecule has 0 spiro atoms. The van der Waals surface area contributed by atoms with Gasteiger partial charge >= 0.3 is 0 Å². The minimum absolute atomic E-state index is 0.0588. The second-order valence-corrected chi connectivity index (χ2v) is 7.04. The van der Waals surface area contributed by atoms with Crippen molar-refractivity contribution in [3.05, 3.63) is 63.6 Å². The molecule has 2 aromatic rings. The first-order valence-corrected chi connectivity index (χ1v) is 9.51. The number of carbonyl (C=O) groups is 1. The predicted molar refractivity (Wildman–Crippen MR) is 105 cm³/mol. The molecule has 0 bridgehead atoms. The summed E-state index contributed by atoms with van der Waals surface area (Å²) in [7, 11) is 0. The summed E-state index contributed by atoms with van der Waals surface area (Å²) in [6.07, 6.45) is 0. The van der Waals surface area contributed by atoms with Gasteiger partial charge in [-0.15, -0.1) is 0 Å². The van der Waals surface area contributed by atoms with Crippen LogP contribution in [-0.4, -0.2) is 48.5 Å². The SMILES string of the molecule is CCOc1ccc(C(=O)N2CCN(Cc3c(Cl)cccc3Cl)CC2)cc1. The van der Waals surface area contributed by atoms with E-state index in [1.807, 2.05) is 54.3 Å². The van der Waals surface area contributed by atoms with Gasteiger partial charge in [0.05, 0.1) is 6.61 Å². The van der Waals surface area contributed by atoms with E-state index in [4.69, 9.17) is 27.9 Å². The second kappa shape index (κ2) is 8.76. The summed E-state index contributed by atoms with van der Waals surface area (Å²) < 4.78 is 5.42. The topological polar surface area (TPSA) is 32.8 Å². The first kappa shape index (κ1) is 19.0. The van der Waals surface area contributed by atoms with Crippen molar-refractivity contribution in [1.29, 1.82) is 0 Å². The van der Waals surface area contributed by atoms with Crippen molar-refractivity contribution in [3.63, 3.8) is 0 Å². The summed E-state index contributed by atoms with van der Waals surface area (Å²) in [6, 6.07) is 12.9. The third kappa shape index (κ3) is 4.50. The van der Waals surface area contributed by atoms with Gasteiger partial charge in [0.25, 0.3) is 5.91 Å². The first-order valence-electron chi connectivity index (χ1n) is 8.76. The van der Waals surface area contributed by atoms with Crippen molar-refractivity contribution >= 4 is 29.1 Å². The van der Waals surface area contributed by atoms with E-state index in [0.717, 1.165) is 24.4 Å². The van der Waals surface area contributed by atoms with Gasteiger partial charge in [-0.1, -0.05) is 29.3 Å². The Morgan fingerprint density at radius 3 is 2.19 bits per heavy atom. The van der Waals surface area contributed by atoms with E-state index in [1.54, 1.807) is 0 Å². The molecular formula is C20H22Cl2N2O2. The molecule has 1 aliphatic heterocycles. The van der Waals surface area contributed by atoms with Gasteiger partial charge in [-0.05, 0) is 43.3 Å². The number of nitrogens with zero attached hydrogens (tertiary/aromatic N) is 2. The lowest BCUT2D eigenvalue weighted by atomic mass is 10.1. The molecule has 3 rings (SSSR count). The number of halogens is 2. The number of ether oxygens (including phenoxy) is 1. The summed E-state index contributed by atoms with van der Waals surface area (Å²) in [4.78, 5) is 16.8. The number of piperazine rings is 1. The van der Waals surface area contributed by atoms with E-state index in [2.05, 4.69) is 4.90 Å². The molecule has 0 saturated carbocycles. The summed E-state index contributed by atoms with van der Waals surface area (Å²) in [5.74, 6) is 0.842. The van der Waals surface area contributed by atoms with Gasteiger partial charge in [0.15, 0.2) is 0 Å². The molecule has 0 unspecified atom stereocenters. The summed E-state index contributed by atoms with van der Waals surface area (Å²) in [6.45, 7) is 6.22. The fourth-order valence-electron chi connectivity index (χ4n) is 3.06. The molecule has 0 atom stereocenters. The molecule has 138 valence electrons. The van der Waals surface area contributed by atoms with E-state index in [1.165, 1.54) is 0 Å². The largest absolute Gasteiger partial charge is 0.494 e. The molecule has 1 heterocycles. The second-order valence-electron chi connectivity index (χ2n) is 6.23. The molecule has 0 aliphatic carbocycles. The number of rotatable bonds is 5. The van der Waals surface area contributed by atoms with Crippen LogP contribution in [0.5, 0.6) is 5.75 Å². The van der Waals surface area contributed by atoms with Gasteiger partial charge in [0.1, 0.15) is 5.75 Å². The zero-order chi connectivity index (χ0) is 18.5. The predicted octanol–water partition coefficient (Wildman–Crippen LogP) is 4.35. The first-order chi connectivity index (χ1) is 12.6. The number of amides is 1. The van der Waals surface area contributed by atoms with Gasteiger partial charge in [-0.3, -0.25) is 9.69 Å². The fourth-order valence-corrected chi connectivity index (χ4v) is 3.58. The van der Waals surface area contributed by atoms with E-state index in [9.17, 15) is 4.79 Å². The molecule has 6 heteroatoms. The van der Waals surface area contributed by atoms with Gasteiger partial charge in [0.2, 0.25) is 0 Å². The van der Waals surface area contributed by atoms with Crippen LogP contribution in [0.4, 0.5) is 0 Å². The smallest absolute Gasteiger partial charge is 0.253 e. The Labute approximate surface area is 164 Å². The Kier molecular flexibility index (Phi) is 6.41. The number of hydrogen-bond donors (Lipinski definition) is 0. The van der Waals surface area contributed by atoms with Crippen LogP contribution in [0.1, 0.15) is 22.8 Å². The maximum Gasteiger partial charge on any atom is 0.253 e. The zero-order valence-corrected chi connectivity index (χ0v) is 16.3. The van der Waals surface area contributed by atoms with Crippen molar-refractivity contribution in [2.24, 2.45) is 0 Å². The molecule has 1 saturated heterocycles. The van der Waals surface area contributed by atoms with Crippen molar-refractivity contribution in [2.75, 3.05) is 32.8 Å². The minimum Gasteiger partial charge on any atom is -0.494 e. The summed E-state index contributed by atoms with van der Waals surface area (Å²) >= 11 is 12.5. The van der Waals surface area contributed by atoms with E-state index >= 15 is 0 Å². The van der Waals surface area contributed by atoms with Crippen LogP contribution in [0.25, 0.3) is 0 Å². The van der Waals surface area contributed by atoms with Gasteiger partial charge in [-0.25, -0.2) is 0 Å². The van der Waals surface area contributed by atoms with E-state index in [-0.39, 0.29) is 5.91 Å². The Bertz CT molecular complexity index is 737. The number of carbonyl (C=O) groups excluding carboxylic acids is 1.